The number of benzene rings is 2. The van der Waals surface area contributed by atoms with Crippen LogP contribution in [0.25, 0.3) is 22.6 Å². The molecule has 3 nitrogen and oxygen atoms in total. The van der Waals surface area contributed by atoms with Crippen molar-refractivity contribution in [3.63, 3.8) is 0 Å². The summed E-state index contributed by atoms with van der Waals surface area (Å²) >= 11 is 0. The monoisotopic (exact) mass is 256 g/mol. The Morgan fingerprint density at radius 3 is 2.84 bits per heavy atom. The standard InChI is InChI=1S/C15H13FN2O/c16-11-5-6-14-13(9-11)18-15(19-14)12-4-2-1-3-10(12)7-8-17/h1-6,9H,7-8,17H2. The van der Waals surface area contributed by atoms with Crippen LogP contribution >= 0.6 is 0 Å². The molecule has 0 aliphatic rings. The van der Waals surface area contributed by atoms with Crippen LogP contribution in [-0.4, -0.2) is 11.5 Å². The van der Waals surface area contributed by atoms with E-state index in [-0.39, 0.29) is 5.82 Å². The van der Waals surface area contributed by atoms with E-state index in [0.717, 1.165) is 17.5 Å². The third kappa shape index (κ3) is 2.22. The summed E-state index contributed by atoms with van der Waals surface area (Å²) in [6.07, 6.45) is 0.753. The van der Waals surface area contributed by atoms with E-state index in [4.69, 9.17) is 10.2 Å². The molecular weight excluding hydrogens is 243 g/mol. The molecule has 2 N–H and O–H groups in total. The first kappa shape index (κ1) is 11.9. The van der Waals surface area contributed by atoms with Crippen LogP contribution < -0.4 is 5.73 Å². The molecule has 0 atom stereocenters. The van der Waals surface area contributed by atoms with Crippen LogP contribution in [0.2, 0.25) is 0 Å². The molecule has 0 spiro atoms. The number of aromatic nitrogens is 1. The van der Waals surface area contributed by atoms with E-state index in [1.807, 2.05) is 24.3 Å². The van der Waals surface area contributed by atoms with E-state index in [1.54, 1.807) is 6.07 Å². The first-order chi connectivity index (χ1) is 9.28. The van der Waals surface area contributed by atoms with Crippen LogP contribution in [0.1, 0.15) is 5.56 Å². The fourth-order valence-corrected chi connectivity index (χ4v) is 2.12. The zero-order valence-electron chi connectivity index (χ0n) is 10.3. The summed E-state index contributed by atoms with van der Waals surface area (Å²) in [5, 5.41) is 0. The molecule has 19 heavy (non-hydrogen) atoms. The second-order valence-electron chi connectivity index (χ2n) is 4.33. The summed E-state index contributed by atoms with van der Waals surface area (Å²) in [4.78, 5) is 4.34. The Kier molecular flexibility index (Phi) is 3.01. The third-order valence-electron chi connectivity index (χ3n) is 3.01. The summed E-state index contributed by atoms with van der Waals surface area (Å²) < 4.78 is 18.8. The van der Waals surface area contributed by atoms with Gasteiger partial charge in [0.15, 0.2) is 5.58 Å². The molecule has 1 heterocycles. The Morgan fingerprint density at radius 1 is 1.16 bits per heavy atom. The van der Waals surface area contributed by atoms with Gasteiger partial charge in [0.1, 0.15) is 11.3 Å². The molecule has 2 aromatic carbocycles. The van der Waals surface area contributed by atoms with Gasteiger partial charge in [0.2, 0.25) is 5.89 Å². The van der Waals surface area contributed by atoms with E-state index in [1.165, 1.54) is 12.1 Å². The summed E-state index contributed by atoms with van der Waals surface area (Å²) in [7, 11) is 0. The van der Waals surface area contributed by atoms with Gasteiger partial charge >= 0.3 is 0 Å². The zero-order chi connectivity index (χ0) is 13.2. The Balaban J connectivity index is 2.13. The van der Waals surface area contributed by atoms with Crippen LogP contribution in [-0.2, 0) is 6.42 Å². The van der Waals surface area contributed by atoms with Gasteiger partial charge in [-0.1, -0.05) is 18.2 Å². The van der Waals surface area contributed by atoms with Crippen LogP contribution in [0.3, 0.4) is 0 Å². The Labute approximate surface area is 109 Å². The van der Waals surface area contributed by atoms with Crippen LogP contribution in [0.5, 0.6) is 0 Å². The molecule has 0 unspecified atom stereocenters. The maximum Gasteiger partial charge on any atom is 0.227 e. The van der Waals surface area contributed by atoms with Crippen molar-refractivity contribution >= 4 is 11.1 Å². The lowest BCUT2D eigenvalue weighted by Gasteiger charge is -2.04. The molecule has 4 heteroatoms. The quantitative estimate of drug-likeness (QED) is 0.783. The number of fused-ring (bicyclic) bond motifs is 1. The maximum atomic E-state index is 13.2. The first-order valence-electron chi connectivity index (χ1n) is 6.12. The largest absolute Gasteiger partial charge is 0.436 e. The average Bonchev–Trinajstić information content (AvgIpc) is 2.82. The highest BCUT2D eigenvalue weighted by Gasteiger charge is 2.11. The second-order valence-corrected chi connectivity index (χ2v) is 4.33. The van der Waals surface area contributed by atoms with Gasteiger partial charge in [0.05, 0.1) is 0 Å². The SMILES string of the molecule is NCCc1ccccc1-c1nc2cc(F)ccc2o1. The highest BCUT2D eigenvalue weighted by Crippen LogP contribution is 2.27. The van der Waals surface area contributed by atoms with Gasteiger partial charge in [-0.2, -0.15) is 0 Å². The van der Waals surface area contributed by atoms with Gasteiger partial charge in [-0.25, -0.2) is 9.37 Å². The van der Waals surface area contributed by atoms with Gasteiger partial charge < -0.3 is 10.2 Å². The van der Waals surface area contributed by atoms with E-state index < -0.39 is 0 Å². The van der Waals surface area contributed by atoms with Gasteiger partial charge in [-0.05, 0) is 36.7 Å². The molecule has 1 aromatic heterocycles. The molecule has 0 amide bonds. The van der Waals surface area contributed by atoms with Crippen LogP contribution in [0.15, 0.2) is 46.9 Å². The van der Waals surface area contributed by atoms with E-state index in [0.29, 0.717) is 23.5 Å². The van der Waals surface area contributed by atoms with Gasteiger partial charge in [0, 0.05) is 11.6 Å². The lowest BCUT2D eigenvalue weighted by molar-refractivity contribution is 0.613. The first-order valence-corrected chi connectivity index (χ1v) is 6.12. The summed E-state index contributed by atoms with van der Waals surface area (Å²) in [6.45, 7) is 0.561. The number of hydrogen-bond donors (Lipinski definition) is 1. The molecule has 0 radical (unpaired) electrons. The van der Waals surface area contributed by atoms with Crippen molar-refractivity contribution in [2.45, 2.75) is 6.42 Å². The fourth-order valence-electron chi connectivity index (χ4n) is 2.12. The fraction of sp³-hybridized carbons (Fsp3) is 0.133. The Morgan fingerprint density at radius 2 is 2.00 bits per heavy atom. The number of oxazole rings is 1. The minimum absolute atomic E-state index is 0.317. The molecule has 0 aliphatic heterocycles. The number of halogens is 1. The number of nitrogens with two attached hydrogens (primary N) is 1. The molecule has 0 saturated heterocycles. The molecule has 0 fully saturated rings. The minimum atomic E-state index is -0.317. The van der Waals surface area contributed by atoms with E-state index in [2.05, 4.69) is 4.98 Å². The molecule has 96 valence electrons. The Bertz CT molecular complexity index is 721. The van der Waals surface area contributed by atoms with Crippen molar-refractivity contribution in [1.29, 1.82) is 0 Å². The van der Waals surface area contributed by atoms with Crippen LogP contribution in [0.4, 0.5) is 4.39 Å². The molecule has 3 aromatic rings. The number of hydrogen-bond acceptors (Lipinski definition) is 3. The predicted octanol–water partition coefficient (Wildman–Crippen LogP) is 3.14. The van der Waals surface area contributed by atoms with Crippen molar-refractivity contribution in [2.75, 3.05) is 6.54 Å². The van der Waals surface area contributed by atoms with Crippen molar-refractivity contribution in [1.82, 2.24) is 4.98 Å². The van der Waals surface area contributed by atoms with Crippen molar-refractivity contribution in [3.05, 3.63) is 53.8 Å². The van der Waals surface area contributed by atoms with E-state index >= 15 is 0 Å². The average molecular weight is 256 g/mol. The topological polar surface area (TPSA) is 52.0 Å². The molecule has 0 saturated carbocycles. The van der Waals surface area contributed by atoms with Crippen LogP contribution in [0, 0.1) is 5.82 Å². The smallest absolute Gasteiger partial charge is 0.227 e. The van der Waals surface area contributed by atoms with Crippen molar-refractivity contribution < 1.29 is 8.81 Å². The van der Waals surface area contributed by atoms with Gasteiger partial charge in [-0.3, -0.25) is 0 Å². The second kappa shape index (κ2) is 4.82. The van der Waals surface area contributed by atoms with Gasteiger partial charge in [-0.15, -0.1) is 0 Å². The minimum Gasteiger partial charge on any atom is -0.436 e. The summed E-state index contributed by atoms with van der Waals surface area (Å²) in [6, 6.07) is 12.1. The molecular formula is C15H13FN2O. The summed E-state index contributed by atoms with van der Waals surface area (Å²) in [5.41, 5.74) is 8.70. The third-order valence-corrected chi connectivity index (χ3v) is 3.01. The lowest BCUT2D eigenvalue weighted by Crippen LogP contribution is -2.03. The number of nitrogens with zero attached hydrogens (tertiary/aromatic N) is 1. The highest BCUT2D eigenvalue weighted by molar-refractivity contribution is 5.76. The van der Waals surface area contributed by atoms with E-state index in [9.17, 15) is 4.39 Å². The van der Waals surface area contributed by atoms with Crippen molar-refractivity contribution in [3.8, 4) is 11.5 Å². The maximum absolute atomic E-state index is 13.2. The summed E-state index contributed by atoms with van der Waals surface area (Å²) in [5.74, 6) is 0.187. The molecule has 0 bridgehead atoms. The lowest BCUT2D eigenvalue weighted by atomic mass is 10.0. The van der Waals surface area contributed by atoms with Gasteiger partial charge in [0.25, 0.3) is 0 Å². The molecule has 0 aliphatic carbocycles. The number of rotatable bonds is 3. The van der Waals surface area contributed by atoms with Crippen molar-refractivity contribution in [2.24, 2.45) is 5.73 Å². The predicted molar refractivity (Wildman–Crippen MR) is 72.2 cm³/mol. The Hall–Kier alpha value is -2.20. The zero-order valence-corrected chi connectivity index (χ0v) is 10.3. The molecule has 3 rings (SSSR count). The normalized spacial score (nSPS) is 11.1. The highest BCUT2D eigenvalue weighted by atomic mass is 19.1.